The van der Waals surface area contributed by atoms with Gasteiger partial charge >= 0.3 is 0 Å². The number of nitrogens with zero attached hydrogens (tertiary/aromatic N) is 4. The molecule has 0 atom stereocenters. The van der Waals surface area contributed by atoms with E-state index < -0.39 is 0 Å². The van der Waals surface area contributed by atoms with Gasteiger partial charge in [0.15, 0.2) is 11.6 Å². The molecule has 5 heteroatoms. The Balaban J connectivity index is 2.05. The smallest absolute Gasteiger partial charge is 0.252 e. The van der Waals surface area contributed by atoms with E-state index in [-0.39, 0.29) is 5.91 Å². The number of amides is 1. The molecule has 0 spiro atoms. The number of aromatic nitrogens is 2. The second kappa shape index (κ2) is 5.97. The Bertz CT molecular complexity index is 766. The summed E-state index contributed by atoms with van der Waals surface area (Å²) in [5.41, 5.74) is 1.64. The summed E-state index contributed by atoms with van der Waals surface area (Å²) in [6.45, 7) is 3.26. The predicted octanol–water partition coefficient (Wildman–Crippen LogP) is 2.54. The molecule has 2 heterocycles. The second-order valence-electron chi connectivity index (χ2n) is 5.16. The molecule has 1 aromatic heterocycles. The number of anilines is 2. The monoisotopic (exact) mass is 294 g/mol. The molecule has 0 radical (unpaired) electrons. The topological polar surface area (TPSA) is 49.3 Å². The maximum absolute atomic E-state index is 12.4. The van der Waals surface area contributed by atoms with E-state index >= 15 is 0 Å². The van der Waals surface area contributed by atoms with Crippen LogP contribution in [0.1, 0.15) is 6.92 Å². The van der Waals surface area contributed by atoms with Crippen molar-refractivity contribution < 1.29 is 4.79 Å². The molecule has 0 fully saturated rings. The van der Waals surface area contributed by atoms with E-state index in [4.69, 9.17) is 0 Å². The van der Waals surface area contributed by atoms with Gasteiger partial charge in [0.1, 0.15) is 0 Å². The molecule has 1 aliphatic rings. The highest BCUT2D eigenvalue weighted by atomic mass is 16.2. The quantitative estimate of drug-likeness (QED) is 0.631. The summed E-state index contributed by atoms with van der Waals surface area (Å²) < 4.78 is 0. The summed E-state index contributed by atoms with van der Waals surface area (Å²) in [5, 5.41) is 0. The van der Waals surface area contributed by atoms with Crippen molar-refractivity contribution in [2.45, 2.75) is 6.92 Å². The minimum absolute atomic E-state index is 0.0722. The Kier molecular flexibility index (Phi) is 3.87. The number of fused-ring (bicyclic) bond motifs is 2. The van der Waals surface area contributed by atoms with E-state index in [0.717, 1.165) is 23.4 Å². The summed E-state index contributed by atoms with van der Waals surface area (Å²) in [5.74, 6) is 1.30. The molecule has 5 nitrogen and oxygen atoms in total. The average molecular weight is 294 g/mol. The van der Waals surface area contributed by atoms with Gasteiger partial charge in [-0.2, -0.15) is 0 Å². The fourth-order valence-electron chi connectivity index (χ4n) is 2.43. The second-order valence-corrected chi connectivity index (χ2v) is 5.16. The summed E-state index contributed by atoms with van der Waals surface area (Å²) in [7, 11) is 1.97. The Hall–Kier alpha value is -2.69. The van der Waals surface area contributed by atoms with E-state index in [9.17, 15) is 4.79 Å². The first kappa shape index (κ1) is 14.3. The van der Waals surface area contributed by atoms with Crippen LogP contribution in [-0.4, -0.2) is 36.0 Å². The standard InChI is InChI=1S/C17H18N4O/c1-3-4-5-10-15(22)21-12-11-20(2)16-17(21)19-14-9-7-6-8-13(14)18-16/h3-10H,11-12H2,1-2H3/b4-3+,10-5+. The molecule has 0 saturated heterocycles. The lowest BCUT2D eigenvalue weighted by atomic mass is 10.2. The maximum Gasteiger partial charge on any atom is 0.252 e. The molecule has 0 N–H and O–H groups in total. The van der Waals surface area contributed by atoms with E-state index in [1.165, 1.54) is 0 Å². The van der Waals surface area contributed by atoms with E-state index in [2.05, 4.69) is 9.97 Å². The Morgan fingerprint density at radius 1 is 1.09 bits per heavy atom. The number of para-hydroxylation sites is 2. The normalized spacial score (nSPS) is 15.0. The van der Waals surface area contributed by atoms with Crippen LogP contribution in [0.25, 0.3) is 11.0 Å². The summed E-state index contributed by atoms with van der Waals surface area (Å²) in [6, 6.07) is 7.71. The highest BCUT2D eigenvalue weighted by Crippen LogP contribution is 2.30. The Morgan fingerprint density at radius 2 is 1.77 bits per heavy atom. The van der Waals surface area contributed by atoms with Gasteiger partial charge in [0.05, 0.1) is 11.0 Å². The fraction of sp³-hybridized carbons (Fsp3) is 0.235. The molecule has 1 aliphatic heterocycles. The van der Waals surface area contributed by atoms with Crippen LogP contribution in [0.15, 0.2) is 48.6 Å². The molecule has 1 aromatic carbocycles. The van der Waals surface area contributed by atoms with Crippen LogP contribution in [0.2, 0.25) is 0 Å². The van der Waals surface area contributed by atoms with Crippen LogP contribution in [0.3, 0.4) is 0 Å². The third kappa shape index (κ3) is 2.57. The first-order chi connectivity index (χ1) is 10.7. The van der Waals surface area contributed by atoms with Crippen LogP contribution in [0.4, 0.5) is 11.6 Å². The molecular formula is C17H18N4O. The predicted molar refractivity (Wildman–Crippen MR) is 89.1 cm³/mol. The van der Waals surface area contributed by atoms with Gasteiger partial charge in [0, 0.05) is 26.2 Å². The molecule has 0 aliphatic carbocycles. The largest absolute Gasteiger partial charge is 0.355 e. The lowest BCUT2D eigenvalue weighted by molar-refractivity contribution is -0.114. The molecule has 0 unspecified atom stereocenters. The number of hydrogen-bond acceptors (Lipinski definition) is 4. The van der Waals surface area contributed by atoms with Gasteiger partial charge < -0.3 is 4.90 Å². The minimum atomic E-state index is -0.0722. The van der Waals surface area contributed by atoms with Crippen LogP contribution in [0.5, 0.6) is 0 Å². The van der Waals surface area contributed by atoms with Crippen molar-refractivity contribution in [2.75, 3.05) is 29.9 Å². The van der Waals surface area contributed by atoms with Gasteiger partial charge in [-0.25, -0.2) is 9.97 Å². The van der Waals surface area contributed by atoms with Crippen molar-refractivity contribution in [1.29, 1.82) is 0 Å². The third-order valence-electron chi connectivity index (χ3n) is 3.62. The first-order valence-electron chi connectivity index (χ1n) is 7.29. The molecule has 112 valence electrons. The maximum atomic E-state index is 12.4. The van der Waals surface area contributed by atoms with Crippen LogP contribution >= 0.6 is 0 Å². The average Bonchev–Trinajstić information content (AvgIpc) is 2.54. The number of allylic oxidation sites excluding steroid dienone is 3. The van der Waals surface area contributed by atoms with Crippen molar-refractivity contribution >= 4 is 28.6 Å². The van der Waals surface area contributed by atoms with E-state index in [1.807, 2.05) is 55.3 Å². The zero-order valence-corrected chi connectivity index (χ0v) is 12.7. The van der Waals surface area contributed by atoms with Crippen molar-refractivity contribution in [3.63, 3.8) is 0 Å². The lowest BCUT2D eigenvalue weighted by Gasteiger charge is -2.33. The zero-order valence-electron chi connectivity index (χ0n) is 12.7. The van der Waals surface area contributed by atoms with Gasteiger partial charge in [-0.3, -0.25) is 9.69 Å². The minimum Gasteiger partial charge on any atom is -0.355 e. The summed E-state index contributed by atoms with van der Waals surface area (Å²) in [4.78, 5) is 25.4. The van der Waals surface area contributed by atoms with Crippen molar-refractivity contribution in [3.05, 3.63) is 48.6 Å². The number of carbonyl (C=O) groups excluding carboxylic acids is 1. The van der Waals surface area contributed by atoms with Gasteiger partial charge in [-0.05, 0) is 19.1 Å². The summed E-state index contributed by atoms with van der Waals surface area (Å²) >= 11 is 0. The first-order valence-corrected chi connectivity index (χ1v) is 7.29. The number of likely N-dealkylation sites (N-methyl/N-ethyl adjacent to an activating group) is 1. The fourth-order valence-corrected chi connectivity index (χ4v) is 2.43. The molecule has 0 saturated carbocycles. The summed E-state index contributed by atoms with van der Waals surface area (Å²) in [6.07, 6.45) is 7.02. The van der Waals surface area contributed by atoms with Crippen molar-refractivity contribution in [3.8, 4) is 0 Å². The molecule has 1 amide bonds. The SMILES string of the molecule is C/C=C/C=C/C(=O)N1CCN(C)c2nc3ccccc3nc21. The number of hydrogen-bond donors (Lipinski definition) is 0. The number of rotatable bonds is 2. The highest BCUT2D eigenvalue weighted by molar-refractivity contribution is 6.04. The third-order valence-corrected chi connectivity index (χ3v) is 3.62. The molecule has 3 rings (SSSR count). The van der Waals surface area contributed by atoms with Crippen LogP contribution in [-0.2, 0) is 4.79 Å². The Morgan fingerprint density at radius 3 is 2.45 bits per heavy atom. The molecule has 22 heavy (non-hydrogen) atoms. The lowest BCUT2D eigenvalue weighted by Crippen LogP contribution is -2.43. The zero-order chi connectivity index (χ0) is 15.5. The van der Waals surface area contributed by atoms with Gasteiger partial charge in [0.25, 0.3) is 5.91 Å². The van der Waals surface area contributed by atoms with E-state index in [0.29, 0.717) is 12.4 Å². The van der Waals surface area contributed by atoms with Crippen LogP contribution < -0.4 is 9.80 Å². The number of benzene rings is 1. The highest BCUT2D eigenvalue weighted by Gasteiger charge is 2.27. The van der Waals surface area contributed by atoms with Crippen molar-refractivity contribution in [1.82, 2.24) is 9.97 Å². The number of carbonyl (C=O) groups is 1. The van der Waals surface area contributed by atoms with Gasteiger partial charge in [-0.1, -0.05) is 30.4 Å². The molecule has 2 aromatic rings. The molecule has 0 bridgehead atoms. The van der Waals surface area contributed by atoms with Gasteiger partial charge in [-0.15, -0.1) is 0 Å². The van der Waals surface area contributed by atoms with E-state index in [1.54, 1.807) is 17.1 Å². The van der Waals surface area contributed by atoms with Crippen molar-refractivity contribution in [2.24, 2.45) is 0 Å². The Labute approximate surface area is 129 Å². The molecular weight excluding hydrogens is 276 g/mol. The van der Waals surface area contributed by atoms with Gasteiger partial charge in [0.2, 0.25) is 0 Å². The van der Waals surface area contributed by atoms with Crippen LogP contribution in [0, 0.1) is 0 Å².